The standard InChI is InChI=1S/C25H27Cl2N3O4/c1-16(31)23(15-17-6-7-20(26)21(27)14-17)34-25(33)29-11-9-19(10-12-29)30-13-8-18-4-2-3-5-22(18)28-24(30)32/h2-7,14,19,23H,8-13,15H2,1H3,(H,28,32)/t23-/m1/s1. The van der Waals surface area contributed by atoms with Crippen molar-refractivity contribution in [3.63, 3.8) is 0 Å². The summed E-state index contributed by atoms with van der Waals surface area (Å²) in [7, 11) is 0. The average molecular weight is 504 g/mol. The second-order valence-electron chi connectivity index (χ2n) is 8.68. The number of nitrogens with zero attached hydrogens (tertiary/aromatic N) is 2. The van der Waals surface area contributed by atoms with Crippen molar-refractivity contribution in [2.24, 2.45) is 0 Å². The highest BCUT2D eigenvalue weighted by molar-refractivity contribution is 6.42. The molecule has 1 fully saturated rings. The maximum absolute atomic E-state index is 12.8. The van der Waals surface area contributed by atoms with Gasteiger partial charge in [-0.3, -0.25) is 4.79 Å². The summed E-state index contributed by atoms with van der Waals surface area (Å²) in [5, 5.41) is 3.81. The zero-order valence-corrected chi connectivity index (χ0v) is 20.4. The molecule has 180 valence electrons. The molecular formula is C25H27Cl2N3O4. The number of Topliss-reactive ketones (excluding diaryl/α,β-unsaturated/α-hetero) is 1. The first kappa shape index (κ1) is 24.4. The first-order valence-electron chi connectivity index (χ1n) is 11.4. The Morgan fingerprint density at radius 3 is 2.53 bits per heavy atom. The number of hydrogen-bond donors (Lipinski definition) is 1. The number of amides is 3. The van der Waals surface area contributed by atoms with Gasteiger partial charge in [-0.2, -0.15) is 0 Å². The molecule has 4 rings (SSSR count). The number of carbonyl (C=O) groups is 3. The molecule has 1 atom stereocenters. The summed E-state index contributed by atoms with van der Waals surface area (Å²) in [5.41, 5.74) is 2.74. The van der Waals surface area contributed by atoms with Crippen LogP contribution >= 0.6 is 23.2 Å². The third-order valence-electron chi connectivity index (χ3n) is 6.41. The molecule has 3 amide bonds. The largest absolute Gasteiger partial charge is 0.438 e. The van der Waals surface area contributed by atoms with E-state index in [0.717, 1.165) is 23.2 Å². The van der Waals surface area contributed by atoms with Gasteiger partial charge in [0.05, 0.1) is 10.0 Å². The summed E-state index contributed by atoms with van der Waals surface area (Å²) in [6, 6.07) is 12.8. The van der Waals surface area contributed by atoms with E-state index in [0.29, 0.717) is 42.5 Å². The number of nitrogens with one attached hydrogen (secondary N) is 1. The minimum Gasteiger partial charge on any atom is -0.438 e. The van der Waals surface area contributed by atoms with E-state index in [1.165, 1.54) is 6.92 Å². The Morgan fingerprint density at radius 2 is 1.82 bits per heavy atom. The van der Waals surface area contributed by atoms with Gasteiger partial charge < -0.3 is 19.9 Å². The Balaban J connectivity index is 1.32. The van der Waals surface area contributed by atoms with Gasteiger partial charge in [0.15, 0.2) is 11.9 Å². The number of benzene rings is 2. The number of hydrogen-bond acceptors (Lipinski definition) is 4. The predicted octanol–water partition coefficient (Wildman–Crippen LogP) is 5.18. The van der Waals surface area contributed by atoms with E-state index in [2.05, 4.69) is 5.32 Å². The fourth-order valence-corrected chi connectivity index (χ4v) is 4.76. The number of rotatable bonds is 5. The Bertz CT molecular complexity index is 1090. The van der Waals surface area contributed by atoms with E-state index >= 15 is 0 Å². The van der Waals surface area contributed by atoms with E-state index in [1.807, 2.05) is 29.2 Å². The highest BCUT2D eigenvalue weighted by Crippen LogP contribution is 2.26. The van der Waals surface area contributed by atoms with Gasteiger partial charge in [-0.25, -0.2) is 9.59 Å². The topological polar surface area (TPSA) is 79.0 Å². The number of halogens is 2. The molecule has 2 aliphatic heterocycles. The normalized spacial score (nSPS) is 17.4. The van der Waals surface area contributed by atoms with Crippen molar-refractivity contribution >= 4 is 46.8 Å². The van der Waals surface area contributed by atoms with Crippen molar-refractivity contribution in [2.75, 3.05) is 25.0 Å². The van der Waals surface area contributed by atoms with Crippen LogP contribution in [-0.4, -0.2) is 59.5 Å². The van der Waals surface area contributed by atoms with Gasteiger partial charge >= 0.3 is 12.1 Å². The Labute approximate surface area is 208 Å². The van der Waals surface area contributed by atoms with E-state index in [4.69, 9.17) is 27.9 Å². The Hall–Kier alpha value is -2.77. The zero-order chi connectivity index (χ0) is 24.2. The zero-order valence-electron chi connectivity index (χ0n) is 18.9. The SMILES string of the molecule is CC(=O)[C@@H](Cc1ccc(Cl)c(Cl)c1)OC(=O)N1CCC(N2CCc3ccccc3NC2=O)CC1. The molecule has 34 heavy (non-hydrogen) atoms. The van der Waals surface area contributed by atoms with Crippen LogP contribution in [0, 0.1) is 0 Å². The van der Waals surface area contributed by atoms with Crippen molar-refractivity contribution < 1.29 is 19.1 Å². The molecule has 2 aromatic carbocycles. The maximum Gasteiger partial charge on any atom is 0.410 e. The fraction of sp³-hybridized carbons (Fsp3) is 0.400. The van der Waals surface area contributed by atoms with E-state index in [9.17, 15) is 14.4 Å². The average Bonchev–Trinajstić information content (AvgIpc) is 2.99. The lowest BCUT2D eigenvalue weighted by Crippen LogP contribution is -2.50. The lowest BCUT2D eigenvalue weighted by atomic mass is 10.0. The summed E-state index contributed by atoms with van der Waals surface area (Å²) in [4.78, 5) is 41.2. The fourth-order valence-electron chi connectivity index (χ4n) is 4.44. The maximum atomic E-state index is 12.8. The van der Waals surface area contributed by atoms with Crippen molar-refractivity contribution in [2.45, 2.75) is 44.8 Å². The van der Waals surface area contributed by atoms with E-state index < -0.39 is 12.2 Å². The molecule has 2 heterocycles. The monoisotopic (exact) mass is 503 g/mol. The van der Waals surface area contributed by atoms with Crippen LogP contribution in [0.5, 0.6) is 0 Å². The van der Waals surface area contributed by atoms with Gasteiger partial charge in [-0.15, -0.1) is 0 Å². The van der Waals surface area contributed by atoms with Gasteiger partial charge in [0.1, 0.15) is 0 Å². The number of piperidine rings is 1. The quantitative estimate of drug-likeness (QED) is 0.609. The molecule has 0 aliphatic carbocycles. The van der Waals surface area contributed by atoms with Crippen LogP contribution in [0.2, 0.25) is 10.0 Å². The first-order valence-corrected chi connectivity index (χ1v) is 12.1. The minimum absolute atomic E-state index is 0.0400. The van der Waals surface area contributed by atoms with Crippen LogP contribution in [0.25, 0.3) is 0 Å². The lowest BCUT2D eigenvalue weighted by Gasteiger charge is -2.37. The van der Waals surface area contributed by atoms with Gasteiger partial charge in [0, 0.05) is 37.8 Å². The Kier molecular flexibility index (Phi) is 7.63. The van der Waals surface area contributed by atoms with Crippen LogP contribution in [0.1, 0.15) is 30.9 Å². The number of urea groups is 1. The molecule has 2 aromatic rings. The number of carbonyl (C=O) groups excluding carboxylic acids is 3. The van der Waals surface area contributed by atoms with Crippen LogP contribution in [-0.2, 0) is 22.4 Å². The predicted molar refractivity (Wildman–Crippen MR) is 132 cm³/mol. The summed E-state index contributed by atoms with van der Waals surface area (Å²) in [6.07, 6.45) is 0.880. The van der Waals surface area contributed by atoms with Crippen LogP contribution in [0.15, 0.2) is 42.5 Å². The van der Waals surface area contributed by atoms with E-state index in [1.54, 1.807) is 23.1 Å². The van der Waals surface area contributed by atoms with Gasteiger partial charge in [0.2, 0.25) is 0 Å². The molecule has 7 nitrogen and oxygen atoms in total. The van der Waals surface area contributed by atoms with Gasteiger partial charge in [0.25, 0.3) is 0 Å². The van der Waals surface area contributed by atoms with Crippen LogP contribution in [0.3, 0.4) is 0 Å². The minimum atomic E-state index is -0.905. The number of anilines is 1. The molecule has 0 aromatic heterocycles. The molecule has 2 aliphatic rings. The summed E-state index contributed by atoms with van der Waals surface area (Å²) in [6.45, 7) is 2.95. The van der Waals surface area contributed by atoms with Gasteiger partial charge in [-0.05, 0) is 55.5 Å². The second kappa shape index (κ2) is 10.7. The summed E-state index contributed by atoms with van der Waals surface area (Å²) >= 11 is 12.0. The van der Waals surface area contributed by atoms with Crippen molar-refractivity contribution in [1.82, 2.24) is 9.80 Å². The molecule has 0 bridgehead atoms. The molecule has 0 spiro atoms. The Morgan fingerprint density at radius 1 is 1.09 bits per heavy atom. The lowest BCUT2D eigenvalue weighted by molar-refractivity contribution is -0.125. The third kappa shape index (κ3) is 5.65. The number of likely N-dealkylation sites (tertiary alicyclic amines) is 1. The molecule has 9 heteroatoms. The number of ketones is 1. The number of ether oxygens (including phenoxy) is 1. The molecule has 0 unspecified atom stereocenters. The molecule has 0 radical (unpaired) electrons. The van der Waals surface area contributed by atoms with Crippen molar-refractivity contribution in [1.29, 1.82) is 0 Å². The first-order chi connectivity index (χ1) is 16.3. The molecular weight excluding hydrogens is 477 g/mol. The van der Waals surface area contributed by atoms with E-state index in [-0.39, 0.29) is 24.3 Å². The number of para-hydroxylation sites is 1. The highest BCUT2D eigenvalue weighted by atomic mass is 35.5. The highest BCUT2D eigenvalue weighted by Gasteiger charge is 2.33. The molecule has 0 saturated carbocycles. The second-order valence-corrected chi connectivity index (χ2v) is 9.50. The van der Waals surface area contributed by atoms with Crippen molar-refractivity contribution in [3.05, 3.63) is 63.6 Å². The smallest absolute Gasteiger partial charge is 0.410 e. The summed E-state index contributed by atoms with van der Waals surface area (Å²) < 4.78 is 5.56. The van der Waals surface area contributed by atoms with Crippen LogP contribution in [0.4, 0.5) is 15.3 Å². The summed E-state index contributed by atoms with van der Waals surface area (Å²) in [5.74, 6) is -0.241. The van der Waals surface area contributed by atoms with Crippen LogP contribution < -0.4 is 5.32 Å². The number of fused-ring (bicyclic) bond motifs is 1. The third-order valence-corrected chi connectivity index (χ3v) is 7.15. The van der Waals surface area contributed by atoms with Crippen molar-refractivity contribution in [3.8, 4) is 0 Å². The molecule has 1 N–H and O–H groups in total. The van der Waals surface area contributed by atoms with Gasteiger partial charge in [-0.1, -0.05) is 47.5 Å². The molecule has 1 saturated heterocycles.